The summed E-state index contributed by atoms with van der Waals surface area (Å²) in [6.45, 7) is 0. The summed E-state index contributed by atoms with van der Waals surface area (Å²) < 4.78 is 31.5. The minimum atomic E-state index is -1.04. The van der Waals surface area contributed by atoms with E-state index in [1.165, 1.54) is 18.9 Å². The van der Waals surface area contributed by atoms with Crippen molar-refractivity contribution in [3.63, 3.8) is 0 Å². The zero-order valence-electron chi connectivity index (χ0n) is 17.2. The van der Waals surface area contributed by atoms with Gasteiger partial charge in [-0.25, -0.2) is 13.6 Å². The Labute approximate surface area is 183 Å². The first kappa shape index (κ1) is 24.3. The van der Waals surface area contributed by atoms with E-state index >= 15 is 0 Å². The van der Waals surface area contributed by atoms with Gasteiger partial charge in [0.1, 0.15) is 17.7 Å². The molecule has 0 radical (unpaired) electrons. The van der Waals surface area contributed by atoms with E-state index in [-0.39, 0.29) is 12.0 Å². The number of rotatable bonds is 10. The molecule has 6 nitrogen and oxygen atoms in total. The molecule has 0 aliphatic heterocycles. The third-order valence-electron chi connectivity index (χ3n) is 4.41. The number of amides is 2. The average molecular weight is 451 g/mol. The summed E-state index contributed by atoms with van der Waals surface area (Å²) in [4.78, 5) is 37.5. The van der Waals surface area contributed by atoms with Gasteiger partial charge in [0, 0.05) is 6.07 Å². The Bertz CT molecular complexity index is 891. The van der Waals surface area contributed by atoms with Gasteiger partial charge in [0.2, 0.25) is 11.8 Å². The van der Waals surface area contributed by atoms with Crippen molar-refractivity contribution in [3.05, 3.63) is 71.3 Å². The Hall–Kier alpha value is -2.94. The molecule has 0 aromatic heterocycles. The van der Waals surface area contributed by atoms with Crippen LogP contribution in [0.5, 0.6) is 0 Å². The van der Waals surface area contributed by atoms with E-state index in [0.717, 1.165) is 12.1 Å². The molecule has 2 rings (SSSR count). The third-order valence-corrected chi connectivity index (χ3v) is 5.05. The highest BCUT2D eigenvalue weighted by atomic mass is 32.2. The second-order valence-corrected chi connectivity index (χ2v) is 7.72. The molecule has 2 N–H and O–H groups in total. The standard InChI is InChI=1S/C22H24F2N2O4S/c1-30-22(29)20(15-6-4-3-5-7-15)26-21(28)18(8-9-31-2)25-19(27)12-14-10-16(23)13-17(24)11-14/h3-7,10-11,13,18,20H,8-9,12H2,1-2H3,(H,25,27)(H,26,28)/t18-,20-/m0/s1. The van der Waals surface area contributed by atoms with Crippen LogP contribution in [0.3, 0.4) is 0 Å². The van der Waals surface area contributed by atoms with E-state index in [1.807, 2.05) is 6.26 Å². The predicted octanol–water partition coefficient (Wildman–Crippen LogP) is 2.78. The molecule has 166 valence electrons. The number of halogens is 2. The van der Waals surface area contributed by atoms with Gasteiger partial charge in [-0.1, -0.05) is 30.3 Å². The molecule has 2 aromatic rings. The van der Waals surface area contributed by atoms with Crippen LogP contribution in [-0.4, -0.2) is 42.9 Å². The molecule has 31 heavy (non-hydrogen) atoms. The summed E-state index contributed by atoms with van der Waals surface area (Å²) in [5.41, 5.74) is 0.684. The summed E-state index contributed by atoms with van der Waals surface area (Å²) in [6, 6.07) is 9.43. The van der Waals surface area contributed by atoms with Gasteiger partial charge >= 0.3 is 5.97 Å². The second kappa shape index (κ2) is 12.0. The molecule has 0 aliphatic carbocycles. The van der Waals surface area contributed by atoms with Gasteiger partial charge in [0.15, 0.2) is 6.04 Å². The number of carbonyl (C=O) groups is 3. The fourth-order valence-corrected chi connectivity index (χ4v) is 3.40. The smallest absolute Gasteiger partial charge is 0.333 e. The second-order valence-electron chi connectivity index (χ2n) is 6.73. The molecule has 0 spiro atoms. The van der Waals surface area contributed by atoms with E-state index in [9.17, 15) is 23.2 Å². The average Bonchev–Trinajstić information content (AvgIpc) is 2.74. The Kier molecular flexibility index (Phi) is 9.45. The van der Waals surface area contributed by atoms with Gasteiger partial charge in [0.25, 0.3) is 0 Å². The molecule has 2 atom stereocenters. The zero-order chi connectivity index (χ0) is 22.8. The van der Waals surface area contributed by atoms with Gasteiger partial charge in [-0.3, -0.25) is 9.59 Å². The molecule has 2 amide bonds. The predicted molar refractivity (Wildman–Crippen MR) is 114 cm³/mol. The Morgan fingerprint density at radius 3 is 2.26 bits per heavy atom. The molecule has 0 fully saturated rings. The van der Waals surface area contributed by atoms with Gasteiger partial charge in [-0.2, -0.15) is 11.8 Å². The SMILES string of the molecule is COC(=O)[C@@H](NC(=O)[C@H](CCSC)NC(=O)Cc1cc(F)cc(F)c1)c1ccccc1. The molecule has 2 aromatic carbocycles. The zero-order valence-corrected chi connectivity index (χ0v) is 18.0. The lowest BCUT2D eigenvalue weighted by atomic mass is 10.1. The largest absolute Gasteiger partial charge is 0.467 e. The van der Waals surface area contributed by atoms with Gasteiger partial charge in [0.05, 0.1) is 13.5 Å². The Morgan fingerprint density at radius 1 is 1.03 bits per heavy atom. The topological polar surface area (TPSA) is 84.5 Å². The molecule has 0 bridgehead atoms. The minimum absolute atomic E-state index is 0.149. The summed E-state index contributed by atoms with van der Waals surface area (Å²) in [5.74, 6) is -2.79. The van der Waals surface area contributed by atoms with Crippen LogP contribution in [0.2, 0.25) is 0 Å². The molecule has 0 unspecified atom stereocenters. The van der Waals surface area contributed by atoms with E-state index in [4.69, 9.17) is 4.74 Å². The number of hydrogen-bond acceptors (Lipinski definition) is 5. The lowest BCUT2D eigenvalue weighted by Gasteiger charge is -2.22. The van der Waals surface area contributed by atoms with Gasteiger partial charge < -0.3 is 15.4 Å². The van der Waals surface area contributed by atoms with Crippen molar-refractivity contribution < 1.29 is 27.9 Å². The molecule has 0 heterocycles. The molecule has 0 saturated heterocycles. The minimum Gasteiger partial charge on any atom is -0.467 e. The fourth-order valence-electron chi connectivity index (χ4n) is 2.93. The van der Waals surface area contributed by atoms with Crippen LogP contribution in [0.15, 0.2) is 48.5 Å². The third kappa shape index (κ3) is 7.67. The van der Waals surface area contributed by atoms with Crippen molar-refractivity contribution >= 4 is 29.5 Å². The van der Waals surface area contributed by atoms with Crippen molar-refractivity contribution in [3.8, 4) is 0 Å². The number of methoxy groups -OCH3 is 1. The van der Waals surface area contributed by atoms with Crippen molar-refractivity contribution in [1.82, 2.24) is 10.6 Å². The van der Waals surface area contributed by atoms with Crippen molar-refractivity contribution in [2.24, 2.45) is 0 Å². The van der Waals surface area contributed by atoms with Crippen LogP contribution >= 0.6 is 11.8 Å². The van der Waals surface area contributed by atoms with Gasteiger partial charge in [-0.15, -0.1) is 0 Å². The van der Waals surface area contributed by atoms with Crippen LogP contribution in [0.1, 0.15) is 23.6 Å². The number of esters is 1. The quantitative estimate of drug-likeness (QED) is 0.544. The summed E-state index contributed by atoms with van der Waals surface area (Å²) in [6.07, 6.45) is 1.86. The fraction of sp³-hybridized carbons (Fsp3) is 0.318. The first-order chi connectivity index (χ1) is 14.8. The first-order valence-electron chi connectivity index (χ1n) is 9.50. The van der Waals surface area contributed by atoms with Crippen LogP contribution in [0.4, 0.5) is 8.78 Å². The first-order valence-corrected chi connectivity index (χ1v) is 10.9. The van der Waals surface area contributed by atoms with Crippen molar-refractivity contribution in [2.75, 3.05) is 19.1 Å². The Balaban J connectivity index is 2.12. The molecule has 9 heteroatoms. The highest BCUT2D eigenvalue weighted by Crippen LogP contribution is 2.15. The summed E-state index contributed by atoms with van der Waals surface area (Å²) >= 11 is 1.49. The van der Waals surface area contributed by atoms with Crippen LogP contribution in [0, 0.1) is 11.6 Å². The molecular weight excluding hydrogens is 426 g/mol. The highest BCUT2D eigenvalue weighted by Gasteiger charge is 2.28. The summed E-state index contributed by atoms with van der Waals surface area (Å²) in [5, 5.41) is 5.21. The van der Waals surface area contributed by atoms with Crippen LogP contribution in [0.25, 0.3) is 0 Å². The van der Waals surface area contributed by atoms with E-state index < -0.39 is 41.5 Å². The van der Waals surface area contributed by atoms with E-state index in [2.05, 4.69) is 10.6 Å². The van der Waals surface area contributed by atoms with Crippen molar-refractivity contribution in [2.45, 2.75) is 24.9 Å². The number of hydrogen-bond donors (Lipinski definition) is 2. The number of carbonyl (C=O) groups excluding carboxylic acids is 3. The van der Waals surface area contributed by atoms with Crippen LogP contribution in [-0.2, 0) is 25.5 Å². The lowest BCUT2D eigenvalue weighted by Crippen LogP contribution is -2.49. The van der Waals surface area contributed by atoms with E-state index in [1.54, 1.807) is 30.3 Å². The normalized spacial score (nSPS) is 12.5. The monoisotopic (exact) mass is 450 g/mol. The summed E-state index contributed by atoms with van der Waals surface area (Å²) in [7, 11) is 1.22. The number of thioether (sulfide) groups is 1. The highest BCUT2D eigenvalue weighted by molar-refractivity contribution is 7.98. The van der Waals surface area contributed by atoms with Crippen molar-refractivity contribution in [1.29, 1.82) is 0 Å². The number of ether oxygens (including phenoxy) is 1. The van der Waals surface area contributed by atoms with E-state index in [0.29, 0.717) is 23.8 Å². The number of benzene rings is 2. The lowest BCUT2D eigenvalue weighted by molar-refractivity contribution is -0.145. The van der Waals surface area contributed by atoms with Gasteiger partial charge in [-0.05, 0) is 41.7 Å². The maximum Gasteiger partial charge on any atom is 0.333 e. The maximum atomic E-state index is 13.4. The maximum absolute atomic E-state index is 13.4. The Morgan fingerprint density at radius 2 is 1.68 bits per heavy atom. The molecule has 0 aliphatic rings. The molecule has 0 saturated carbocycles. The van der Waals surface area contributed by atoms with Crippen LogP contribution < -0.4 is 10.6 Å². The number of nitrogens with one attached hydrogen (secondary N) is 2. The molecular formula is C22H24F2N2O4S.